The number of benzene rings is 1. The number of carbonyl (C=O) groups is 1. The first-order valence-electron chi connectivity index (χ1n) is 5.70. The van der Waals surface area contributed by atoms with Gasteiger partial charge >= 0.3 is 0 Å². The lowest BCUT2D eigenvalue weighted by Crippen LogP contribution is -2.11. The van der Waals surface area contributed by atoms with E-state index in [9.17, 15) is 4.79 Å². The molecule has 3 heteroatoms. The number of anilines is 1. The van der Waals surface area contributed by atoms with Gasteiger partial charge in [-0.1, -0.05) is 19.9 Å². The molecule has 1 N–H and O–H groups in total. The molecule has 1 amide bonds. The van der Waals surface area contributed by atoms with Crippen molar-refractivity contribution in [3.8, 4) is 5.75 Å². The number of hydrogen-bond acceptors (Lipinski definition) is 2. The van der Waals surface area contributed by atoms with E-state index in [0.29, 0.717) is 13.0 Å². The van der Waals surface area contributed by atoms with E-state index in [1.165, 1.54) is 0 Å². The van der Waals surface area contributed by atoms with Crippen LogP contribution in [0.25, 0.3) is 0 Å². The zero-order chi connectivity index (χ0) is 12.0. The van der Waals surface area contributed by atoms with Crippen molar-refractivity contribution >= 4 is 11.6 Å². The molecule has 1 aromatic rings. The van der Waals surface area contributed by atoms with Gasteiger partial charge in [0.25, 0.3) is 0 Å². The van der Waals surface area contributed by atoms with Crippen molar-refractivity contribution in [1.29, 1.82) is 0 Å². The Kier molecular flexibility index (Phi) is 4.83. The van der Waals surface area contributed by atoms with E-state index in [-0.39, 0.29) is 5.91 Å². The van der Waals surface area contributed by atoms with Crippen molar-refractivity contribution in [2.75, 3.05) is 11.9 Å². The number of amides is 1. The predicted molar refractivity (Wildman–Crippen MR) is 65.9 cm³/mol. The van der Waals surface area contributed by atoms with Gasteiger partial charge in [0, 0.05) is 6.42 Å². The molecule has 88 valence electrons. The third kappa shape index (κ3) is 3.57. The van der Waals surface area contributed by atoms with Crippen LogP contribution in [0.1, 0.15) is 32.3 Å². The minimum Gasteiger partial charge on any atom is -0.491 e. The maximum absolute atomic E-state index is 11.3. The lowest BCUT2D eigenvalue weighted by Gasteiger charge is -2.12. The summed E-state index contributed by atoms with van der Waals surface area (Å²) >= 11 is 0. The maximum Gasteiger partial charge on any atom is 0.224 e. The molecule has 1 aromatic carbocycles. The van der Waals surface area contributed by atoms with E-state index in [4.69, 9.17) is 4.74 Å². The summed E-state index contributed by atoms with van der Waals surface area (Å²) in [5, 5.41) is 2.83. The van der Waals surface area contributed by atoms with Gasteiger partial charge in [-0.15, -0.1) is 0 Å². The second kappa shape index (κ2) is 6.16. The van der Waals surface area contributed by atoms with Crippen molar-refractivity contribution < 1.29 is 9.53 Å². The van der Waals surface area contributed by atoms with Gasteiger partial charge < -0.3 is 10.1 Å². The van der Waals surface area contributed by atoms with Crippen molar-refractivity contribution in [3.05, 3.63) is 23.8 Å². The Balaban J connectivity index is 2.84. The van der Waals surface area contributed by atoms with Crippen LogP contribution < -0.4 is 10.1 Å². The molecule has 0 bridgehead atoms. The Bertz CT molecular complexity index is 361. The number of hydrogen-bond donors (Lipinski definition) is 1. The Hall–Kier alpha value is -1.51. The van der Waals surface area contributed by atoms with Gasteiger partial charge in [0.2, 0.25) is 5.91 Å². The Morgan fingerprint density at radius 1 is 1.38 bits per heavy atom. The van der Waals surface area contributed by atoms with Crippen LogP contribution in [0.4, 0.5) is 5.69 Å². The third-order valence-corrected chi connectivity index (χ3v) is 2.19. The van der Waals surface area contributed by atoms with Crippen molar-refractivity contribution in [2.45, 2.75) is 33.6 Å². The molecule has 0 radical (unpaired) electrons. The van der Waals surface area contributed by atoms with Gasteiger partial charge in [-0.2, -0.15) is 0 Å². The smallest absolute Gasteiger partial charge is 0.224 e. The molecule has 1 rings (SSSR count). The van der Waals surface area contributed by atoms with Crippen molar-refractivity contribution in [1.82, 2.24) is 0 Å². The number of nitrogens with one attached hydrogen (secondary N) is 1. The molecule has 0 saturated carbocycles. The summed E-state index contributed by atoms with van der Waals surface area (Å²) in [7, 11) is 0. The number of aryl methyl sites for hydroxylation is 1. The van der Waals surface area contributed by atoms with Gasteiger partial charge in [-0.25, -0.2) is 0 Å². The van der Waals surface area contributed by atoms with Gasteiger partial charge in [-0.3, -0.25) is 4.79 Å². The molecule has 0 aromatic heterocycles. The van der Waals surface area contributed by atoms with Crippen LogP contribution in [0.15, 0.2) is 18.2 Å². The quantitative estimate of drug-likeness (QED) is 0.829. The second-order valence-corrected chi connectivity index (χ2v) is 3.75. The molecule has 0 atom stereocenters. The van der Waals surface area contributed by atoms with Crippen LogP contribution in [-0.2, 0) is 4.79 Å². The first-order valence-corrected chi connectivity index (χ1v) is 5.70. The molecular formula is C13H19NO2. The van der Waals surface area contributed by atoms with E-state index in [1.807, 2.05) is 32.0 Å². The lowest BCUT2D eigenvalue weighted by molar-refractivity contribution is -0.115. The maximum atomic E-state index is 11.3. The third-order valence-electron chi connectivity index (χ3n) is 2.19. The van der Waals surface area contributed by atoms with E-state index < -0.39 is 0 Å². The summed E-state index contributed by atoms with van der Waals surface area (Å²) in [5.41, 5.74) is 1.88. The zero-order valence-electron chi connectivity index (χ0n) is 10.2. The lowest BCUT2D eigenvalue weighted by atomic mass is 10.2. The topological polar surface area (TPSA) is 38.3 Å². The number of rotatable bonds is 5. The van der Waals surface area contributed by atoms with Crippen LogP contribution in [0.2, 0.25) is 0 Å². The van der Waals surface area contributed by atoms with E-state index in [0.717, 1.165) is 23.4 Å². The molecular weight excluding hydrogens is 202 g/mol. The SMILES string of the molecule is CCCOc1cc(C)ccc1NC(=O)CC. The predicted octanol–water partition coefficient (Wildman–Crippen LogP) is 3.13. The van der Waals surface area contributed by atoms with Crippen LogP contribution in [0.5, 0.6) is 5.75 Å². The molecule has 0 heterocycles. The van der Waals surface area contributed by atoms with E-state index in [1.54, 1.807) is 0 Å². The molecule has 0 aliphatic carbocycles. The highest BCUT2D eigenvalue weighted by atomic mass is 16.5. The minimum absolute atomic E-state index is 0.00482. The van der Waals surface area contributed by atoms with Crippen LogP contribution >= 0.6 is 0 Å². The molecule has 3 nitrogen and oxygen atoms in total. The fraction of sp³-hybridized carbons (Fsp3) is 0.462. The second-order valence-electron chi connectivity index (χ2n) is 3.75. The average Bonchev–Trinajstić information content (AvgIpc) is 2.29. The first kappa shape index (κ1) is 12.6. The summed E-state index contributed by atoms with van der Waals surface area (Å²) < 4.78 is 5.60. The fourth-order valence-corrected chi connectivity index (χ4v) is 1.30. The van der Waals surface area contributed by atoms with Crippen molar-refractivity contribution in [3.63, 3.8) is 0 Å². The summed E-state index contributed by atoms with van der Waals surface area (Å²) in [5.74, 6) is 0.758. The monoisotopic (exact) mass is 221 g/mol. The standard InChI is InChI=1S/C13H19NO2/c1-4-8-16-12-9-10(3)6-7-11(12)14-13(15)5-2/h6-7,9H,4-5,8H2,1-3H3,(H,14,15). The molecule has 0 unspecified atom stereocenters. The molecule has 0 fully saturated rings. The van der Waals surface area contributed by atoms with Crippen molar-refractivity contribution in [2.24, 2.45) is 0 Å². The van der Waals surface area contributed by atoms with Gasteiger partial charge in [0.15, 0.2) is 0 Å². The van der Waals surface area contributed by atoms with E-state index in [2.05, 4.69) is 12.2 Å². The Morgan fingerprint density at radius 3 is 2.75 bits per heavy atom. The van der Waals surface area contributed by atoms with E-state index >= 15 is 0 Å². The normalized spacial score (nSPS) is 9.94. The summed E-state index contributed by atoms with van der Waals surface area (Å²) in [6, 6.07) is 5.79. The summed E-state index contributed by atoms with van der Waals surface area (Å²) in [4.78, 5) is 11.3. The van der Waals surface area contributed by atoms with Gasteiger partial charge in [-0.05, 0) is 31.0 Å². The highest BCUT2D eigenvalue weighted by molar-refractivity contribution is 5.92. The van der Waals surface area contributed by atoms with Gasteiger partial charge in [0.1, 0.15) is 5.75 Å². The van der Waals surface area contributed by atoms with Gasteiger partial charge in [0.05, 0.1) is 12.3 Å². The van der Waals surface area contributed by atoms with Crippen LogP contribution in [0, 0.1) is 6.92 Å². The summed E-state index contributed by atoms with van der Waals surface area (Å²) in [6.45, 7) is 6.55. The highest BCUT2D eigenvalue weighted by Crippen LogP contribution is 2.26. The molecule has 0 aliphatic rings. The molecule has 0 spiro atoms. The molecule has 0 aliphatic heterocycles. The van der Waals surface area contributed by atoms with Crippen LogP contribution in [-0.4, -0.2) is 12.5 Å². The minimum atomic E-state index is 0.00482. The first-order chi connectivity index (χ1) is 7.67. The highest BCUT2D eigenvalue weighted by Gasteiger charge is 2.06. The van der Waals surface area contributed by atoms with Crippen LogP contribution in [0.3, 0.4) is 0 Å². The molecule has 0 saturated heterocycles. The summed E-state index contributed by atoms with van der Waals surface area (Å²) in [6.07, 6.45) is 1.43. The average molecular weight is 221 g/mol. The Labute approximate surface area is 96.8 Å². The zero-order valence-corrected chi connectivity index (χ0v) is 10.2. The number of ether oxygens (including phenoxy) is 1. The fourth-order valence-electron chi connectivity index (χ4n) is 1.30. The largest absolute Gasteiger partial charge is 0.491 e. The molecule has 16 heavy (non-hydrogen) atoms. The number of carbonyl (C=O) groups excluding carboxylic acids is 1. The Morgan fingerprint density at radius 2 is 2.12 bits per heavy atom.